The predicted octanol–water partition coefficient (Wildman–Crippen LogP) is 1.28. The van der Waals surface area contributed by atoms with Gasteiger partial charge in [0.1, 0.15) is 0 Å². The highest BCUT2D eigenvalue weighted by Crippen LogP contribution is 2.15. The zero-order valence-corrected chi connectivity index (χ0v) is 15.4. The third-order valence-corrected chi connectivity index (χ3v) is 4.75. The van der Waals surface area contributed by atoms with Crippen molar-refractivity contribution in [1.29, 1.82) is 0 Å². The Kier molecular flexibility index (Phi) is 6.03. The smallest absolute Gasteiger partial charge is 0.254 e. The number of hydrogen-bond donors (Lipinski definition) is 1. The molecule has 1 aromatic heterocycles. The van der Waals surface area contributed by atoms with Crippen LogP contribution >= 0.6 is 0 Å². The fraction of sp³-hybridized carbons (Fsp3) is 0.350. The molecule has 7 nitrogen and oxygen atoms in total. The summed E-state index contributed by atoms with van der Waals surface area (Å²) in [6.45, 7) is 4.77. The van der Waals surface area contributed by atoms with Gasteiger partial charge in [0.05, 0.1) is 12.1 Å². The predicted molar refractivity (Wildman–Crippen MR) is 102 cm³/mol. The van der Waals surface area contributed by atoms with Crippen LogP contribution < -0.4 is 10.0 Å². The highest BCUT2D eigenvalue weighted by atomic mass is 16.5. The second-order valence-corrected chi connectivity index (χ2v) is 6.57. The number of aromatic nitrogens is 1. The molecule has 1 saturated heterocycles. The monoisotopic (exact) mass is 368 g/mol. The Hall–Kier alpha value is -2.93. The standard InChI is InChI=1S/C20H24N4O3/c1-2-16-5-3-4-6-18(16)21-19(25)15-22-11-13-23(14-12-22)20(26)17-7-9-24(27)10-8-17/h3-10H,2,11-15H2,1H3,(H,21,25). The summed E-state index contributed by atoms with van der Waals surface area (Å²) in [6.07, 6.45) is 3.51. The van der Waals surface area contributed by atoms with E-state index >= 15 is 0 Å². The molecule has 2 aromatic rings. The zero-order valence-electron chi connectivity index (χ0n) is 15.4. The molecule has 142 valence electrons. The number of benzene rings is 1. The Morgan fingerprint density at radius 2 is 1.74 bits per heavy atom. The van der Waals surface area contributed by atoms with Gasteiger partial charge >= 0.3 is 0 Å². The van der Waals surface area contributed by atoms with E-state index in [2.05, 4.69) is 12.2 Å². The lowest BCUT2D eigenvalue weighted by Crippen LogP contribution is -2.50. The molecule has 27 heavy (non-hydrogen) atoms. The normalized spacial score (nSPS) is 14.8. The van der Waals surface area contributed by atoms with Crippen molar-refractivity contribution in [1.82, 2.24) is 9.80 Å². The lowest BCUT2D eigenvalue weighted by atomic mass is 10.1. The van der Waals surface area contributed by atoms with Gasteiger partial charge in [0.2, 0.25) is 5.91 Å². The van der Waals surface area contributed by atoms with E-state index in [4.69, 9.17) is 0 Å². The van der Waals surface area contributed by atoms with E-state index in [1.165, 1.54) is 24.5 Å². The van der Waals surface area contributed by atoms with E-state index < -0.39 is 0 Å². The number of amides is 2. The Bertz CT molecular complexity index is 799. The molecule has 2 amide bonds. The maximum Gasteiger partial charge on any atom is 0.254 e. The van der Waals surface area contributed by atoms with Crippen molar-refractivity contribution >= 4 is 17.5 Å². The Balaban J connectivity index is 1.49. The van der Waals surface area contributed by atoms with Crippen molar-refractivity contribution in [3.8, 4) is 0 Å². The van der Waals surface area contributed by atoms with Gasteiger partial charge in [0.15, 0.2) is 12.4 Å². The maximum absolute atomic E-state index is 12.5. The van der Waals surface area contributed by atoms with Crippen molar-refractivity contribution < 1.29 is 14.3 Å². The van der Waals surface area contributed by atoms with Crippen LogP contribution in [0.5, 0.6) is 0 Å². The van der Waals surface area contributed by atoms with Gasteiger partial charge in [-0.25, -0.2) is 0 Å². The molecule has 1 aliphatic rings. The average Bonchev–Trinajstić information content (AvgIpc) is 2.69. The zero-order chi connectivity index (χ0) is 19.2. The van der Waals surface area contributed by atoms with Gasteiger partial charge < -0.3 is 15.4 Å². The van der Waals surface area contributed by atoms with E-state index in [1.807, 2.05) is 29.2 Å². The number of aryl methyl sites for hydroxylation is 1. The summed E-state index contributed by atoms with van der Waals surface area (Å²) in [5.74, 6) is -0.129. The second-order valence-electron chi connectivity index (χ2n) is 6.57. The number of hydrogen-bond acceptors (Lipinski definition) is 4. The fourth-order valence-electron chi connectivity index (χ4n) is 3.19. The first-order valence-electron chi connectivity index (χ1n) is 9.15. The number of rotatable bonds is 5. The number of piperazine rings is 1. The topological polar surface area (TPSA) is 79.6 Å². The van der Waals surface area contributed by atoms with Crippen LogP contribution in [0.2, 0.25) is 0 Å². The molecule has 2 heterocycles. The third kappa shape index (κ3) is 4.83. The summed E-state index contributed by atoms with van der Waals surface area (Å²) in [7, 11) is 0. The summed E-state index contributed by atoms with van der Waals surface area (Å²) in [5.41, 5.74) is 2.48. The van der Waals surface area contributed by atoms with Crippen molar-refractivity contribution in [3.05, 3.63) is 65.1 Å². The summed E-state index contributed by atoms with van der Waals surface area (Å²) >= 11 is 0. The molecule has 3 rings (SSSR count). The lowest BCUT2D eigenvalue weighted by molar-refractivity contribution is -0.605. The van der Waals surface area contributed by atoms with Gasteiger partial charge in [0.25, 0.3) is 5.91 Å². The van der Waals surface area contributed by atoms with E-state index in [1.54, 1.807) is 4.90 Å². The highest BCUT2D eigenvalue weighted by Gasteiger charge is 2.23. The molecule has 0 unspecified atom stereocenters. The van der Waals surface area contributed by atoms with Gasteiger partial charge in [-0.3, -0.25) is 14.5 Å². The first-order chi connectivity index (χ1) is 13.1. The number of nitrogens with one attached hydrogen (secondary N) is 1. The first kappa shape index (κ1) is 18.8. The van der Waals surface area contributed by atoms with Gasteiger partial charge in [-0.2, -0.15) is 4.73 Å². The molecule has 0 saturated carbocycles. The van der Waals surface area contributed by atoms with Crippen LogP contribution in [0.3, 0.4) is 0 Å². The minimum absolute atomic E-state index is 0.0428. The Morgan fingerprint density at radius 1 is 1.07 bits per heavy atom. The molecule has 0 aliphatic carbocycles. The van der Waals surface area contributed by atoms with Crippen LogP contribution in [0, 0.1) is 5.21 Å². The number of carbonyl (C=O) groups excluding carboxylic acids is 2. The van der Waals surface area contributed by atoms with Crippen molar-refractivity contribution in [2.45, 2.75) is 13.3 Å². The van der Waals surface area contributed by atoms with E-state index in [9.17, 15) is 14.8 Å². The van der Waals surface area contributed by atoms with Gasteiger partial charge in [-0.15, -0.1) is 0 Å². The molecule has 1 aromatic carbocycles. The maximum atomic E-state index is 12.5. The summed E-state index contributed by atoms with van der Waals surface area (Å²) in [6, 6.07) is 10.9. The summed E-state index contributed by atoms with van der Waals surface area (Å²) in [5, 5.41) is 14.1. The molecule has 0 bridgehead atoms. The Morgan fingerprint density at radius 3 is 2.41 bits per heavy atom. The van der Waals surface area contributed by atoms with E-state index in [0.29, 0.717) is 43.0 Å². The fourth-order valence-corrected chi connectivity index (χ4v) is 3.19. The Labute approximate surface area is 158 Å². The van der Waals surface area contributed by atoms with Crippen LogP contribution in [-0.4, -0.2) is 54.3 Å². The van der Waals surface area contributed by atoms with Gasteiger partial charge in [-0.05, 0) is 18.1 Å². The molecule has 1 aliphatic heterocycles. The lowest BCUT2D eigenvalue weighted by Gasteiger charge is -2.34. The van der Waals surface area contributed by atoms with E-state index in [0.717, 1.165) is 17.7 Å². The first-order valence-corrected chi connectivity index (χ1v) is 9.15. The van der Waals surface area contributed by atoms with Crippen LogP contribution in [0.4, 0.5) is 5.69 Å². The largest absolute Gasteiger partial charge is 0.619 e. The van der Waals surface area contributed by atoms with Crippen molar-refractivity contribution in [2.24, 2.45) is 0 Å². The van der Waals surface area contributed by atoms with Gasteiger partial charge in [0, 0.05) is 44.0 Å². The molecule has 1 fully saturated rings. The third-order valence-electron chi connectivity index (χ3n) is 4.75. The molecule has 7 heteroatoms. The van der Waals surface area contributed by atoms with Crippen LogP contribution in [0.1, 0.15) is 22.8 Å². The second kappa shape index (κ2) is 8.64. The van der Waals surface area contributed by atoms with Crippen molar-refractivity contribution in [2.75, 3.05) is 38.0 Å². The minimum atomic E-state index is -0.0865. The molecule has 0 spiro atoms. The number of nitrogens with zero attached hydrogens (tertiary/aromatic N) is 3. The highest BCUT2D eigenvalue weighted by molar-refractivity contribution is 5.94. The van der Waals surface area contributed by atoms with Crippen LogP contribution in [0.15, 0.2) is 48.8 Å². The minimum Gasteiger partial charge on any atom is -0.619 e. The molecule has 0 atom stereocenters. The number of carbonyl (C=O) groups is 2. The number of pyridine rings is 1. The summed E-state index contributed by atoms with van der Waals surface area (Å²) in [4.78, 5) is 28.6. The average molecular weight is 368 g/mol. The summed E-state index contributed by atoms with van der Waals surface area (Å²) < 4.78 is 0.657. The molecular weight excluding hydrogens is 344 g/mol. The number of para-hydroxylation sites is 1. The molecule has 1 N–H and O–H groups in total. The van der Waals surface area contributed by atoms with Crippen LogP contribution in [-0.2, 0) is 11.2 Å². The van der Waals surface area contributed by atoms with Crippen LogP contribution in [0.25, 0.3) is 0 Å². The van der Waals surface area contributed by atoms with Gasteiger partial charge in [-0.1, -0.05) is 25.1 Å². The van der Waals surface area contributed by atoms with Crippen molar-refractivity contribution in [3.63, 3.8) is 0 Å². The quantitative estimate of drug-likeness (QED) is 0.637. The number of anilines is 1. The molecular formula is C20H24N4O3. The van der Waals surface area contributed by atoms with E-state index in [-0.39, 0.29) is 11.8 Å². The molecule has 0 radical (unpaired) electrons. The SMILES string of the molecule is CCc1ccccc1NC(=O)CN1CCN(C(=O)c2cc[n+]([O-])cc2)CC1.